The lowest BCUT2D eigenvalue weighted by atomic mass is 10.1. The fourth-order valence-corrected chi connectivity index (χ4v) is 1.98. The molecule has 0 aliphatic carbocycles. The lowest BCUT2D eigenvalue weighted by Crippen LogP contribution is -2.24. The van der Waals surface area contributed by atoms with E-state index in [1.807, 2.05) is 0 Å². The maximum Gasteiger partial charge on any atom is 0.416 e. The molecular formula is C11H9F3N2O3. The van der Waals surface area contributed by atoms with Crippen LogP contribution >= 0.6 is 0 Å². The van der Waals surface area contributed by atoms with Crippen LogP contribution in [0, 0.1) is 10.1 Å². The summed E-state index contributed by atoms with van der Waals surface area (Å²) in [6.45, 7) is 0.283. The van der Waals surface area contributed by atoms with E-state index in [4.69, 9.17) is 0 Å². The van der Waals surface area contributed by atoms with Gasteiger partial charge in [0.25, 0.3) is 5.69 Å². The summed E-state index contributed by atoms with van der Waals surface area (Å²) in [4.78, 5) is 22.6. The molecule has 0 aromatic heterocycles. The van der Waals surface area contributed by atoms with Gasteiger partial charge >= 0.3 is 6.18 Å². The molecule has 0 radical (unpaired) electrons. The van der Waals surface area contributed by atoms with Crippen LogP contribution in [-0.4, -0.2) is 17.4 Å². The Hall–Kier alpha value is -2.12. The number of anilines is 1. The van der Waals surface area contributed by atoms with Crippen molar-refractivity contribution < 1.29 is 22.9 Å². The molecule has 5 nitrogen and oxygen atoms in total. The van der Waals surface area contributed by atoms with Gasteiger partial charge in [0.15, 0.2) is 0 Å². The smallest absolute Gasteiger partial charge is 0.306 e. The second-order valence-electron chi connectivity index (χ2n) is 4.11. The highest BCUT2D eigenvalue weighted by Crippen LogP contribution is 2.37. The predicted molar refractivity (Wildman–Crippen MR) is 59.7 cm³/mol. The van der Waals surface area contributed by atoms with Crippen molar-refractivity contribution in [3.63, 3.8) is 0 Å². The minimum Gasteiger partial charge on any atom is -0.306 e. The lowest BCUT2D eigenvalue weighted by molar-refractivity contribution is -0.384. The second-order valence-corrected chi connectivity index (χ2v) is 4.11. The lowest BCUT2D eigenvalue weighted by Gasteiger charge is -2.16. The van der Waals surface area contributed by atoms with Crippen LogP contribution in [0.4, 0.5) is 24.5 Å². The number of hydrogen-bond donors (Lipinski definition) is 0. The summed E-state index contributed by atoms with van der Waals surface area (Å²) < 4.78 is 37.5. The molecule has 1 fully saturated rings. The van der Waals surface area contributed by atoms with Gasteiger partial charge in [-0.25, -0.2) is 0 Å². The number of nitro groups is 1. The van der Waals surface area contributed by atoms with Gasteiger partial charge in [0, 0.05) is 19.0 Å². The van der Waals surface area contributed by atoms with Crippen LogP contribution in [-0.2, 0) is 11.0 Å². The van der Waals surface area contributed by atoms with E-state index in [2.05, 4.69) is 0 Å². The number of halogens is 3. The Bertz CT molecular complexity index is 542. The highest BCUT2D eigenvalue weighted by atomic mass is 19.4. The average molecular weight is 274 g/mol. The zero-order valence-electron chi connectivity index (χ0n) is 9.61. The van der Waals surface area contributed by atoms with E-state index in [1.54, 1.807) is 0 Å². The second kappa shape index (κ2) is 4.52. The molecule has 0 saturated carbocycles. The first-order chi connectivity index (χ1) is 8.80. The first kappa shape index (κ1) is 13.3. The molecule has 19 heavy (non-hydrogen) atoms. The number of carbonyl (C=O) groups is 1. The van der Waals surface area contributed by atoms with Crippen LogP contribution in [0.25, 0.3) is 0 Å². The minimum absolute atomic E-state index is 0.0829. The highest BCUT2D eigenvalue weighted by molar-refractivity contribution is 5.97. The van der Waals surface area contributed by atoms with Gasteiger partial charge in [0.2, 0.25) is 5.91 Å². The summed E-state index contributed by atoms with van der Waals surface area (Å²) in [5.74, 6) is -0.317. The molecule has 2 rings (SSSR count). The monoisotopic (exact) mass is 274 g/mol. The zero-order valence-corrected chi connectivity index (χ0v) is 9.61. The molecule has 1 aliphatic heterocycles. The van der Waals surface area contributed by atoms with E-state index in [9.17, 15) is 28.1 Å². The first-order valence-electron chi connectivity index (χ1n) is 5.46. The molecular weight excluding hydrogens is 265 g/mol. The Morgan fingerprint density at radius 3 is 2.47 bits per heavy atom. The normalized spacial score (nSPS) is 15.9. The molecule has 1 amide bonds. The Balaban J connectivity index is 2.50. The number of nitrogens with zero attached hydrogens (tertiary/aromatic N) is 2. The van der Waals surface area contributed by atoms with Gasteiger partial charge in [-0.15, -0.1) is 0 Å². The molecule has 0 N–H and O–H groups in total. The predicted octanol–water partition coefficient (Wildman–Crippen LogP) is 2.74. The van der Waals surface area contributed by atoms with Crippen molar-refractivity contribution >= 4 is 17.3 Å². The molecule has 0 bridgehead atoms. The molecule has 1 aromatic carbocycles. The number of amides is 1. The average Bonchev–Trinajstić information content (AvgIpc) is 2.73. The van der Waals surface area contributed by atoms with Crippen LogP contribution < -0.4 is 4.90 Å². The van der Waals surface area contributed by atoms with Crippen LogP contribution in [0.5, 0.6) is 0 Å². The molecule has 1 saturated heterocycles. The van der Waals surface area contributed by atoms with E-state index in [0.717, 1.165) is 17.0 Å². The van der Waals surface area contributed by atoms with Crippen LogP contribution in [0.1, 0.15) is 18.4 Å². The van der Waals surface area contributed by atoms with E-state index in [0.29, 0.717) is 12.5 Å². The Kier molecular flexibility index (Phi) is 3.17. The third kappa shape index (κ3) is 2.51. The van der Waals surface area contributed by atoms with Gasteiger partial charge in [0.1, 0.15) is 5.69 Å². The molecule has 0 atom stereocenters. The van der Waals surface area contributed by atoms with Gasteiger partial charge < -0.3 is 4.90 Å². The standard InChI is InChI=1S/C11H9F3N2O3/c12-11(13,14)7-3-4-8(9(6-7)16(18)19)15-5-1-2-10(15)17/h3-4,6H,1-2,5H2. The van der Waals surface area contributed by atoms with Gasteiger partial charge in [0.05, 0.1) is 10.5 Å². The van der Waals surface area contributed by atoms with Gasteiger partial charge in [-0.1, -0.05) is 0 Å². The summed E-state index contributed by atoms with van der Waals surface area (Å²) >= 11 is 0. The number of benzene rings is 1. The van der Waals surface area contributed by atoms with Crippen LogP contribution in [0.15, 0.2) is 18.2 Å². The molecule has 0 unspecified atom stereocenters. The largest absolute Gasteiger partial charge is 0.416 e. The molecule has 102 valence electrons. The molecule has 1 aromatic rings. The molecule has 1 heterocycles. The third-order valence-electron chi connectivity index (χ3n) is 2.86. The fourth-order valence-electron chi connectivity index (χ4n) is 1.98. The summed E-state index contributed by atoms with van der Waals surface area (Å²) in [5, 5.41) is 10.9. The van der Waals surface area contributed by atoms with Crippen molar-refractivity contribution in [2.75, 3.05) is 11.4 Å². The van der Waals surface area contributed by atoms with Gasteiger partial charge in [-0.2, -0.15) is 13.2 Å². The molecule has 0 spiro atoms. The van der Waals surface area contributed by atoms with Crippen molar-refractivity contribution in [1.29, 1.82) is 0 Å². The number of hydrogen-bond acceptors (Lipinski definition) is 3. The van der Waals surface area contributed by atoms with Crippen LogP contribution in [0.2, 0.25) is 0 Å². The van der Waals surface area contributed by atoms with Crippen molar-refractivity contribution in [2.24, 2.45) is 0 Å². The Morgan fingerprint density at radius 2 is 2.00 bits per heavy atom. The summed E-state index contributed by atoms with van der Waals surface area (Å²) in [6, 6.07) is 2.18. The maximum atomic E-state index is 12.5. The quantitative estimate of drug-likeness (QED) is 0.615. The van der Waals surface area contributed by atoms with Gasteiger partial charge in [-0.05, 0) is 18.6 Å². The number of nitro benzene ring substituents is 1. The van der Waals surface area contributed by atoms with Crippen molar-refractivity contribution in [3.05, 3.63) is 33.9 Å². The minimum atomic E-state index is -4.65. The molecule has 1 aliphatic rings. The van der Waals surface area contributed by atoms with Crippen molar-refractivity contribution in [3.8, 4) is 0 Å². The van der Waals surface area contributed by atoms with E-state index in [1.165, 1.54) is 0 Å². The van der Waals surface area contributed by atoms with Crippen LogP contribution in [0.3, 0.4) is 0 Å². The number of carbonyl (C=O) groups excluding carboxylic acids is 1. The topological polar surface area (TPSA) is 63.5 Å². The van der Waals surface area contributed by atoms with E-state index < -0.39 is 22.4 Å². The number of rotatable bonds is 2. The van der Waals surface area contributed by atoms with Crippen molar-refractivity contribution in [1.82, 2.24) is 0 Å². The zero-order chi connectivity index (χ0) is 14.2. The highest BCUT2D eigenvalue weighted by Gasteiger charge is 2.35. The van der Waals surface area contributed by atoms with E-state index in [-0.39, 0.29) is 24.6 Å². The summed E-state index contributed by atoms with van der Waals surface area (Å²) in [7, 11) is 0. The maximum absolute atomic E-state index is 12.5. The summed E-state index contributed by atoms with van der Waals surface area (Å²) in [6.07, 6.45) is -3.87. The van der Waals surface area contributed by atoms with Crippen molar-refractivity contribution in [2.45, 2.75) is 19.0 Å². The first-order valence-corrected chi connectivity index (χ1v) is 5.46. The Labute approximate surface area is 105 Å². The third-order valence-corrected chi connectivity index (χ3v) is 2.86. The Morgan fingerprint density at radius 1 is 1.32 bits per heavy atom. The number of alkyl halides is 3. The van der Waals surface area contributed by atoms with Gasteiger partial charge in [-0.3, -0.25) is 14.9 Å². The SMILES string of the molecule is O=C1CCCN1c1ccc(C(F)(F)F)cc1[N+](=O)[O-]. The fraction of sp³-hybridized carbons (Fsp3) is 0.364. The molecule has 8 heteroatoms. The van der Waals surface area contributed by atoms with E-state index >= 15 is 0 Å². The summed E-state index contributed by atoms with van der Waals surface area (Å²) in [5.41, 5.74) is -1.89.